The predicted octanol–water partition coefficient (Wildman–Crippen LogP) is 3.59. The summed E-state index contributed by atoms with van der Waals surface area (Å²) in [5.41, 5.74) is 2.26. The van der Waals surface area contributed by atoms with Crippen LogP contribution in [0.1, 0.15) is 42.9 Å². The molecule has 3 aliphatic rings. The molecular formula is C24H24N2O4. The van der Waals surface area contributed by atoms with Gasteiger partial charge >= 0.3 is 0 Å². The number of ketones is 1. The molecule has 6 nitrogen and oxygen atoms in total. The Morgan fingerprint density at radius 3 is 2.83 bits per heavy atom. The van der Waals surface area contributed by atoms with Gasteiger partial charge in [-0.2, -0.15) is 0 Å². The summed E-state index contributed by atoms with van der Waals surface area (Å²) in [7, 11) is 1.61. The van der Waals surface area contributed by atoms with E-state index in [2.05, 4.69) is 4.98 Å². The molecule has 3 heterocycles. The zero-order chi connectivity index (χ0) is 20.7. The third-order valence-electron chi connectivity index (χ3n) is 6.34. The van der Waals surface area contributed by atoms with Crippen molar-refractivity contribution in [3.05, 3.63) is 71.3 Å². The summed E-state index contributed by atoms with van der Waals surface area (Å²) < 4.78 is 11.6. The molecule has 3 unspecified atom stereocenters. The lowest BCUT2D eigenvalue weighted by atomic mass is 9.77. The number of hydrogen-bond acceptors (Lipinski definition) is 5. The number of hydrogen-bond donors (Lipinski definition) is 0. The van der Waals surface area contributed by atoms with Crippen LogP contribution >= 0.6 is 0 Å². The Morgan fingerprint density at radius 2 is 2.03 bits per heavy atom. The van der Waals surface area contributed by atoms with Crippen molar-refractivity contribution in [2.45, 2.75) is 44.4 Å². The van der Waals surface area contributed by atoms with E-state index in [1.165, 1.54) is 0 Å². The Kier molecular flexibility index (Phi) is 4.77. The second-order valence-corrected chi connectivity index (χ2v) is 8.13. The van der Waals surface area contributed by atoms with Crippen LogP contribution in [0.4, 0.5) is 0 Å². The minimum atomic E-state index is -0.488. The summed E-state index contributed by atoms with van der Waals surface area (Å²) in [4.78, 5) is 32.9. The van der Waals surface area contributed by atoms with E-state index in [9.17, 15) is 9.59 Å². The molecular weight excluding hydrogens is 380 g/mol. The maximum absolute atomic E-state index is 13.6. The Labute approximate surface area is 175 Å². The highest BCUT2D eigenvalue weighted by atomic mass is 16.5. The number of benzene rings is 1. The number of aromatic nitrogens is 1. The SMILES string of the molecule is COc1cccc(C2C3=C(OC4CCCCC4C3=O)C(=O)N2Cc2cccnc2)c1. The summed E-state index contributed by atoms with van der Waals surface area (Å²) in [6.45, 7) is 0.355. The Morgan fingerprint density at radius 1 is 1.17 bits per heavy atom. The summed E-state index contributed by atoms with van der Waals surface area (Å²) in [6, 6.07) is 10.9. The molecule has 2 aromatic rings. The number of nitrogens with zero attached hydrogens (tertiary/aromatic N) is 2. The molecule has 0 N–H and O–H groups in total. The minimum Gasteiger partial charge on any atom is -0.497 e. The normalized spacial score (nSPS) is 25.6. The second kappa shape index (κ2) is 7.59. The molecule has 0 saturated heterocycles. The molecule has 1 fully saturated rings. The number of fused-ring (bicyclic) bond motifs is 1. The van der Waals surface area contributed by atoms with Gasteiger partial charge in [0.2, 0.25) is 0 Å². The van der Waals surface area contributed by atoms with Gasteiger partial charge in [0.1, 0.15) is 11.9 Å². The fourth-order valence-electron chi connectivity index (χ4n) is 4.90. The summed E-state index contributed by atoms with van der Waals surface area (Å²) in [5.74, 6) is 0.613. The summed E-state index contributed by atoms with van der Waals surface area (Å²) >= 11 is 0. The topological polar surface area (TPSA) is 68.7 Å². The Bertz CT molecular complexity index is 1020. The van der Waals surface area contributed by atoms with Gasteiger partial charge in [0.25, 0.3) is 5.91 Å². The number of Topliss-reactive ketones (excluding diaryl/α,β-unsaturated/α-hetero) is 1. The molecule has 1 aromatic heterocycles. The number of carbonyl (C=O) groups is 2. The molecule has 30 heavy (non-hydrogen) atoms. The average molecular weight is 404 g/mol. The van der Waals surface area contributed by atoms with Crippen LogP contribution in [0, 0.1) is 5.92 Å². The van der Waals surface area contributed by atoms with Gasteiger partial charge in [-0.1, -0.05) is 24.6 Å². The van der Waals surface area contributed by atoms with E-state index in [0.717, 1.165) is 36.8 Å². The van der Waals surface area contributed by atoms with Crippen molar-refractivity contribution in [1.82, 2.24) is 9.88 Å². The van der Waals surface area contributed by atoms with Gasteiger partial charge in [-0.3, -0.25) is 14.6 Å². The third kappa shape index (κ3) is 3.07. The van der Waals surface area contributed by atoms with Gasteiger partial charge in [0, 0.05) is 18.9 Å². The largest absolute Gasteiger partial charge is 0.497 e. The third-order valence-corrected chi connectivity index (χ3v) is 6.34. The van der Waals surface area contributed by atoms with Gasteiger partial charge < -0.3 is 14.4 Å². The zero-order valence-electron chi connectivity index (χ0n) is 16.9. The molecule has 0 spiro atoms. The average Bonchev–Trinajstić information content (AvgIpc) is 3.06. The van der Waals surface area contributed by atoms with Crippen molar-refractivity contribution in [3.63, 3.8) is 0 Å². The van der Waals surface area contributed by atoms with Crippen molar-refractivity contribution in [1.29, 1.82) is 0 Å². The maximum atomic E-state index is 13.6. The van der Waals surface area contributed by atoms with Gasteiger partial charge in [-0.25, -0.2) is 0 Å². The van der Waals surface area contributed by atoms with E-state index < -0.39 is 6.04 Å². The highest BCUT2D eigenvalue weighted by molar-refractivity contribution is 6.11. The molecule has 3 atom stereocenters. The molecule has 0 radical (unpaired) electrons. The molecule has 1 saturated carbocycles. The van der Waals surface area contributed by atoms with Crippen LogP contribution in [0.5, 0.6) is 5.75 Å². The zero-order valence-corrected chi connectivity index (χ0v) is 16.9. The fourth-order valence-corrected chi connectivity index (χ4v) is 4.90. The van der Waals surface area contributed by atoms with Crippen LogP contribution < -0.4 is 4.74 Å². The van der Waals surface area contributed by atoms with Crippen LogP contribution in [0.2, 0.25) is 0 Å². The van der Waals surface area contributed by atoms with Crippen LogP contribution in [0.15, 0.2) is 60.1 Å². The quantitative estimate of drug-likeness (QED) is 0.779. The van der Waals surface area contributed by atoms with Crippen molar-refractivity contribution in [2.75, 3.05) is 7.11 Å². The highest BCUT2D eigenvalue weighted by Crippen LogP contribution is 2.47. The first-order chi connectivity index (χ1) is 14.7. The van der Waals surface area contributed by atoms with Gasteiger partial charge in [-0.15, -0.1) is 0 Å². The number of carbonyl (C=O) groups excluding carboxylic acids is 2. The number of methoxy groups -OCH3 is 1. The number of pyridine rings is 1. The maximum Gasteiger partial charge on any atom is 0.290 e. The van der Waals surface area contributed by atoms with E-state index >= 15 is 0 Å². The number of amides is 1. The standard InChI is InChI=1S/C24H24N2O4/c1-29-17-8-4-7-16(12-17)21-20-22(27)18-9-2-3-10-19(18)30-23(20)24(28)26(21)14-15-6-5-11-25-13-15/h4-8,11-13,18-19,21H,2-3,9-10,14H2,1H3. The van der Waals surface area contributed by atoms with Crippen molar-refractivity contribution >= 4 is 11.7 Å². The fraction of sp³-hybridized carbons (Fsp3) is 0.375. The first-order valence-electron chi connectivity index (χ1n) is 10.5. The van der Waals surface area contributed by atoms with Gasteiger partial charge in [-0.05, 0) is 48.6 Å². The molecule has 6 heteroatoms. The molecule has 0 bridgehead atoms. The van der Waals surface area contributed by atoms with Gasteiger partial charge in [0.05, 0.1) is 24.6 Å². The van der Waals surface area contributed by atoms with Crippen molar-refractivity contribution in [3.8, 4) is 5.75 Å². The molecule has 5 rings (SSSR count). The van der Waals surface area contributed by atoms with E-state index in [1.54, 1.807) is 24.4 Å². The van der Waals surface area contributed by atoms with E-state index in [4.69, 9.17) is 9.47 Å². The number of rotatable bonds is 4. The molecule has 1 aliphatic carbocycles. The van der Waals surface area contributed by atoms with Crippen LogP contribution in [-0.4, -0.2) is 34.8 Å². The van der Waals surface area contributed by atoms with E-state index in [-0.39, 0.29) is 29.5 Å². The Balaban J connectivity index is 1.60. The highest BCUT2D eigenvalue weighted by Gasteiger charge is 2.51. The lowest BCUT2D eigenvalue weighted by Crippen LogP contribution is -2.39. The van der Waals surface area contributed by atoms with Gasteiger partial charge in [0.15, 0.2) is 11.5 Å². The smallest absolute Gasteiger partial charge is 0.290 e. The molecule has 1 aromatic carbocycles. The number of ether oxygens (including phenoxy) is 2. The lowest BCUT2D eigenvalue weighted by Gasteiger charge is -2.35. The Hall–Kier alpha value is -3.15. The monoisotopic (exact) mass is 404 g/mol. The molecule has 2 aliphatic heterocycles. The summed E-state index contributed by atoms with van der Waals surface area (Å²) in [6.07, 6.45) is 6.97. The predicted molar refractivity (Wildman–Crippen MR) is 109 cm³/mol. The van der Waals surface area contributed by atoms with E-state index in [1.807, 2.05) is 36.4 Å². The second-order valence-electron chi connectivity index (χ2n) is 8.13. The minimum absolute atomic E-state index is 0.0656. The van der Waals surface area contributed by atoms with Crippen LogP contribution in [0.3, 0.4) is 0 Å². The molecule has 1 amide bonds. The summed E-state index contributed by atoms with van der Waals surface area (Å²) in [5, 5.41) is 0. The van der Waals surface area contributed by atoms with Crippen LogP contribution in [-0.2, 0) is 20.9 Å². The molecule has 154 valence electrons. The first-order valence-corrected chi connectivity index (χ1v) is 10.5. The van der Waals surface area contributed by atoms with Crippen LogP contribution in [0.25, 0.3) is 0 Å². The lowest BCUT2D eigenvalue weighted by molar-refractivity contribution is -0.135. The first kappa shape index (κ1) is 18.9. The van der Waals surface area contributed by atoms with Crippen molar-refractivity contribution in [2.24, 2.45) is 5.92 Å². The van der Waals surface area contributed by atoms with E-state index in [0.29, 0.717) is 17.9 Å². The van der Waals surface area contributed by atoms with Crippen molar-refractivity contribution < 1.29 is 19.1 Å².